The summed E-state index contributed by atoms with van der Waals surface area (Å²) in [5.74, 6) is 0. The summed E-state index contributed by atoms with van der Waals surface area (Å²) >= 11 is 5.28. The molecule has 2 atom stereocenters. The summed E-state index contributed by atoms with van der Waals surface area (Å²) in [7, 11) is 0. The Labute approximate surface area is 116 Å². The maximum absolute atomic E-state index is 5.73. The van der Waals surface area contributed by atoms with Gasteiger partial charge in [-0.05, 0) is 35.3 Å². The Morgan fingerprint density at radius 3 is 2.88 bits per heavy atom. The van der Waals surface area contributed by atoms with Gasteiger partial charge in [-0.2, -0.15) is 0 Å². The van der Waals surface area contributed by atoms with Crippen molar-refractivity contribution in [3.05, 3.63) is 20.8 Å². The fraction of sp³-hybridized carbons (Fsp3) is 0.692. The second-order valence-corrected chi connectivity index (χ2v) is 7.08. The summed E-state index contributed by atoms with van der Waals surface area (Å²) in [6.07, 6.45) is 1.55. The van der Waals surface area contributed by atoms with Crippen molar-refractivity contribution in [2.45, 2.75) is 45.9 Å². The number of hydrogen-bond donors (Lipinski definition) is 1. The molecule has 1 aliphatic rings. The third kappa shape index (κ3) is 2.92. The summed E-state index contributed by atoms with van der Waals surface area (Å²) in [5.41, 5.74) is 0.254. The molecule has 0 radical (unpaired) electrons. The lowest BCUT2D eigenvalue weighted by atomic mass is 9.64. The van der Waals surface area contributed by atoms with Crippen molar-refractivity contribution in [3.8, 4) is 0 Å². The fourth-order valence-electron chi connectivity index (χ4n) is 2.39. The Morgan fingerprint density at radius 1 is 1.59 bits per heavy atom. The van der Waals surface area contributed by atoms with Crippen molar-refractivity contribution in [2.24, 2.45) is 5.41 Å². The van der Waals surface area contributed by atoms with Gasteiger partial charge in [-0.25, -0.2) is 0 Å². The van der Waals surface area contributed by atoms with E-state index in [-0.39, 0.29) is 5.41 Å². The lowest BCUT2D eigenvalue weighted by Crippen LogP contribution is -2.60. The molecule has 0 saturated heterocycles. The van der Waals surface area contributed by atoms with E-state index in [1.54, 1.807) is 11.3 Å². The minimum atomic E-state index is 0.254. The van der Waals surface area contributed by atoms with E-state index in [0.29, 0.717) is 12.1 Å². The number of nitrogens with one attached hydrogen (secondary N) is 1. The van der Waals surface area contributed by atoms with E-state index in [0.717, 1.165) is 19.6 Å². The van der Waals surface area contributed by atoms with Crippen LogP contribution >= 0.6 is 27.3 Å². The molecule has 2 rings (SSSR count). The van der Waals surface area contributed by atoms with Crippen molar-refractivity contribution in [1.82, 2.24) is 5.32 Å². The van der Waals surface area contributed by atoms with Gasteiger partial charge in [0.15, 0.2) is 0 Å². The highest BCUT2D eigenvalue weighted by molar-refractivity contribution is 9.10. The zero-order valence-corrected chi connectivity index (χ0v) is 13.0. The monoisotopic (exact) mass is 317 g/mol. The van der Waals surface area contributed by atoms with Crippen LogP contribution in [0, 0.1) is 5.41 Å². The van der Waals surface area contributed by atoms with Gasteiger partial charge in [0.25, 0.3) is 0 Å². The maximum Gasteiger partial charge on any atom is 0.0655 e. The van der Waals surface area contributed by atoms with Crippen LogP contribution in [0.25, 0.3) is 0 Å². The smallest absolute Gasteiger partial charge is 0.0655 e. The normalized spacial score (nSPS) is 26.8. The molecule has 1 aromatic heterocycles. The summed E-state index contributed by atoms with van der Waals surface area (Å²) < 4.78 is 6.91. The van der Waals surface area contributed by atoms with Gasteiger partial charge < -0.3 is 10.1 Å². The minimum Gasteiger partial charge on any atom is -0.378 e. The molecule has 0 aromatic carbocycles. The third-order valence-electron chi connectivity index (χ3n) is 3.69. The molecule has 1 fully saturated rings. The minimum absolute atomic E-state index is 0.254. The molecule has 1 aromatic rings. The van der Waals surface area contributed by atoms with Gasteiger partial charge in [0.1, 0.15) is 0 Å². The predicted molar refractivity (Wildman–Crippen MR) is 76.5 cm³/mol. The maximum atomic E-state index is 5.73. The quantitative estimate of drug-likeness (QED) is 0.891. The predicted octanol–water partition coefficient (Wildman–Crippen LogP) is 3.80. The summed E-state index contributed by atoms with van der Waals surface area (Å²) in [6, 6.07) is 2.75. The Kier molecular flexibility index (Phi) is 4.29. The molecule has 0 spiro atoms. The van der Waals surface area contributed by atoms with Crippen molar-refractivity contribution in [2.75, 3.05) is 6.61 Å². The molecule has 0 aliphatic heterocycles. The van der Waals surface area contributed by atoms with E-state index >= 15 is 0 Å². The van der Waals surface area contributed by atoms with Crippen LogP contribution in [-0.2, 0) is 11.3 Å². The standard InChI is InChI=1S/C13H20BrNOS/c1-4-16-12-6-11(13(12,2)3)15-7-10-5-9(14)8-17-10/h5,8,11-12,15H,4,6-7H2,1-3H3. The number of rotatable bonds is 5. The third-order valence-corrected chi connectivity index (χ3v) is 5.39. The van der Waals surface area contributed by atoms with E-state index in [1.165, 1.54) is 9.35 Å². The fourth-order valence-corrected chi connectivity index (χ4v) is 3.79. The number of thiophene rings is 1. The number of halogens is 1. The molecule has 4 heteroatoms. The molecule has 1 N–H and O–H groups in total. The van der Waals surface area contributed by atoms with Crippen LogP contribution in [0.1, 0.15) is 32.1 Å². The molecule has 0 bridgehead atoms. The Morgan fingerprint density at radius 2 is 2.35 bits per heavy atom. The number of ether oxygens (including phenoxy) is 1. The molecule has 96 valence electrons. The molecular formula is C13H20BrNOS. The first-order valence-electron chi connectivity index (χ1n) is 6.12. The molecule has 1 saturated carbocycles. The lowest BCUT2D eigenvalue weighted by molar-refractivity contribution is -0.114. The highest BCUT2D eigenvalue weighted by Gasteiger charge is 2.48. The zero-order chi connectivity index (χ0) is 12.5. The molecule has 0 amide bonds. The topological polar surface area (TPSA) is 21.3 Å². The van der Waals surface area contributed by atoms with Crippen LogP contribution in [-0.4, -0.2) is 18.8 Å². The van der Waals surface area contributed by atoms with Gasteiger partial charge in [-0.15, -0.1) is 11.3 Å². The van der Waals surface area contributed by atoms with Crippen LogP contribution in [0.3, 0.4) is 0 Å². The van der Waals surface area contributed by atoms with E-state index in [2.05, 4.69) is 53.5 Å². The average Bonchev–Trinajstić information content (AvgIpc) is 2.68. The highest BCUT2D eigenvalue weighted by Crippen LogP contribution is 2.42. The van der Waals surface area contributed by atoms with E-state index in [1.807, 2.05) is 0 Å². The average molecular weight is 318 g/mol. The van der Waals surface area contributed by atoms with Crippen LogP contribution in [0.5, 0.6) is 0 Å². The molecule has 2 unspecified atom stereocenters. The van der Waals surface area contributed by atoms with Crippen LogP contribution in [0.4, 0.5) is 0 Å². The summed E-state index contributed by atoms with van der Waals surface area (Å²) in [4.78, 5) is 1.38. The first kappa shape index (κ1) is 13.5. The number of hydrogen-bond acceptors (Lipinski definition) is 3. The van der Waals surface area contributed by atoms with Gasteiger partial charge in [-0.3, -0.25) is 0 Å². The van der Waals surface area contributed by atoms with Crippen molar-refractivity contribution in [3.63, 3.8) is 0 Å². The van der Waals surface area contributed by atoms with Crippen LogP contribution in [0.15, 0.2) is 15.9 Å². The second kappa shape index (κ2) is 5.39. The second-order valence-electron chi connectivity index (χ2n) is 5.17. The summed E-state index contributed by atoms with van der Waals surface area (Å²) in [6.45, 7) is 8.43. The van der Waals surface area contributed by atoms with Gasteiger partial charge >= 0.3 is 0 Å². The van der Waals surface area contributed by atoms with Crippen molar-refractivity contribution >= 4 is 27.3 Å². The van der Waals surface area contributed by atoms with Gasteiger partial charge in [-0.1, -0.05) is 13.8 Å². The highest BCUT2D eigenvalue weighted by atomic mass is 79.9. The Bertz CT molecular complexity index is 377. The van der Waals surface area contributed by atoms with Gasteiger partial charge in [0, 0.05) is 39.3 Å². The Balaban J connectivity index is 1.82. The van der Waals surface area contributed by atoms with Crippen LogP contribution < -0.4 is 5.32 Å². The first-order valence-corrected chi connectivity index (χ1v) is 7.79. The lowest BCUT2D eigenvalue weighted by Gasteiger charge is -2.51. The van der Waals surface area contributed by atoms with Gasteiger partial charge in [0.2, 0.25) is 0 Å². The summed E-state index contributed by atoms with van der Waals surface area (Å²) in [5, 5.41) is 5.77. The largest absolute Gasteiger partial charge is 0.378 e. The van der Waals surface area contributed by atoms with Crippen LogP contribution in [0.2, 0.25) is 0 Å². The Hall–Kier alpha value is 0.1000. The van der Waals surface area contributed by atoms with Gasteiger partial charge in [0.05, 0.1) is 6.10 Å². The first-order chi connectivity index (χ1) is 8.04. The molecule has 2 nitrogen and oxygen atoms in total. The zero-order valence-electron chi connectivity index (χ0n) is 10.6. The molecule has 17 heavy (non-hydrogen) atoms. The molecule has 1 heterocycles. The SMILES string of the molecule is CCOC1CC(NCc2cc(Br)cs2)C1(C)C. The molecular weight excluding hydrogens is 298 g/mol. The van der Waals surface area contributed by atoms with E-state index in [4.69, 9.17) is 4.74 Å². The van der Waals surface area contributed by atoms with Crippen molar-refractivity contribution < 1.29 is 4.74 Å². The van der Waals surface area contributed by atoms with E-state index < -0.39 is 0 Å². The van der Waals surface area contributed by atoms with E-state index in [9.17, 15) is 0 Å². The van der Waals surface area contributed by atoms with Crippen molar-refractivity contribution in [1.29, 1.82) is 0 Å². The molecule has 1 aliphatic carbocycles.